The molecule has 0 unspecified atom stereocenters. The van der Waals surface area contributed by atoms with E-state index in [0.717, 1.165) is 0 Å². The SMILES string of the molecule is O.[CaH2].[Cu].[Fe].[Nd].[Sm].[Ti]. The van der Waals surface area contributed by atoms with Gasteiger partial charge in [0, 0.05) is 137 Å². The Morgan fingerprint density at radius 3 is 1.00 bits per heavy atom. The van der Waals surface area contributed by atoms with Crippen LogP contribution < -0.4 is 0 Å². The molecule has 0 bridgehead atoms. The van der Waals surface area contributed by atoms with Gasteiger partial charge in [0.15, 0.2) is 0 Å². The zero-order chi connectivity index (χ0) is 0. The summed E-state index contributed by atoms with van der Waals surface area (Å²) < 4.78 is 0. The molecule has 0 aliphatic carbocycles. The zero-order valence-corrected chi connectivity index (χ0v) is 12.0. The van der Waals surface area contributed by atoms with Crippen molar-refractivity contribution < 1.29 is 143 Å². The van der Waals surface area contributed by atoms with Gasteiger partial charge in [-0.1, -0.05) is 0 Å². The van der Waals surface area contributed by atoms with E-state index in [1.165, 1.54) is 0 Å². The van der Waals surface area contributed by atoms with Crippen LogP contribution in [-0.4, -0.2) is 43.2 Å². The average Bonchev–Trinajstić information content (AvgIpc) is 0. The molecule has 0 aromatic rings. The Balaban J connectivity index is 0. The fraction of sp³-hybridized carbons (Fsp3) is 0. The molecule has 0 amide bonds. The first-order valence-corrected chi connectivity index (χ1v) is 0. The first-order valence-electron chi connectivity index (χ1n) is 0. The van der Waals surface area contributed by atoms with Gasteiger partial charge in [-0.25, -0.2) is 0 Å². The molecule has 0 spiro atoms. The Bertz CT molecular complexity index is 19.7. The van der Waals surface area contributed by atoms with Crippen LogP contribution in [0.2, 0.25) is 0 Å². The van der Waals surface area contributed by atoms with Gasteiger partial charge in [-0.05, 0) is 0 Å². The molecule has 0 atom stereocenters. The first kappa shape index (κ1) is 53.7. The fourth-order valence-electron chi connectivity index (χ4n) is 0. The average molecular weight is 522 g/mol. The van der Waals surface area contributed by atoms with Gasteiger partial charge in [0.1, 0.15) is 0 Å². The van der Waals surface area contributed by atoms with Crippen LogP contribution in [0.3, 0.4) is 0 Å². The Morgan fingerprint density at radius 2 is 1.00 bits per heavy atom. The van der Waals surface area contributed by atoms with E-state index in [9.17, 15) is 0 Å². The summed E-state index contributed by atoms with van der Waals surface area (Å²) in [7, 11) is 0. The Morgan fingerprint density at radius 1 is 1.00 bits per heavy atom. The molecular formula is H4CaCuFeNdOSmTi. The van der Waals surface area contributed by atoms with Crippen LogP contribution >= 0.6 is 0 Å². The fourth-order valence-corrected chi connectivity index (χ4v) is 0. The van der Waals surface area contributed by atoms with Gasteiger partial charge in [0.25, 0.3) is 0 Å². The van der Waals surface area contributed by atoms with Gasteiger partial charge in [-0.15, -0.1) is 0 Å². The van der Waals surface area contributed by atoms with Gasteiger partial charge in [0.05, 0.1) is 0 Å². The molecule has 7 heteroatoms. The van der Waals surface area contributed by atoms with E-state index in [4.69, 9.17) is 0 Å². The third-order valence-corrected chi connectivity index (χ3v) is 0. The second-order valence-electron chi connectivity index (χ2n) is 0. The van der Waals surface area contributed by atoms with Crippen LogP contribution in [0.5, 0.6) is 0 Å². The summed E-state index contributed by atoms with van der Waals surface area (Å²) >= 11 is 0. The van der Waals surface area contributed by atoms with Gasteiger partial charge < -0.3 is 5.48 Å². The second-order valence-corrected chi connectivity index (χ2v) is 0. The Labute approximate surface area is 175 Å². The molecule has 0 rings (SSSR count). The summed E-state index contributed by atoms with van der Waals surface area (Å²) in [6.45, 7) is 0. The van der Waals surface area contributed by atoms with Crippen molar-refractivity contribution in [2.75, 3.05) is 0 Å². The van der Waals surface area contributed by atoms with Crippen molar-refractivity contribution in [2.24, 2.45) is 0 Å². The van der Waals surface area contributed by atoms with Crippen LogP contribution in [0.15, 0.2) is 0 Å². The smallest absolute Gasteiger partial charge is 0 e. The van der Waals surface area contributed by atoms with E-state index in [-0.39, 0.29) is 180 Å². The molecule has 1 radical (unpaired) electrons. The summed E-state index contributed by atoms with van der Waals surface area (Å²) in [5.41, 5.74) is 0. The molecule has 0 saturated carbocycles. The van der Waals surface area contributed by atoms with Crippen LogP contribution in [0.4, 0.5) is 0 Å². The molecule has 7 heavy (non-hydrogen) atoms. The topological polar surface area (TPSA) is 31.5 Å². The van der Waals surface area contributed by atoms with Crippen molar-refractivity contribution in [1.29, 1.82) is 0 Å². The first-order chi connectivity index (χ1) is 0. The molecule has 0 heterocycles. The van der Waals surface area contributed by atoms with Crippen molar-refractivity contribution in [3.05, 3.63) is 0 Å². The van der Waals surface area contributed by atoms with E-state index in [0.29, 0.717) is 0 Å². The van der Waals surface area contributed by atoms with E-state index in [1.54, 1.807) is 0 Å². The molecule has 0 saturated heterocycles. The zero-order valence-electron chi connectivity index (χ0n) is 2.56. The van der Waals surface area contributed by atoms with Crippen molar-refractivity contribution >= 4 is 37.7 Å². The molecule has 1 nitrogen and oxygen atoms in total. The summed E-state index contributed by atoms with van der Waals surface area (Å²) in [6, 6.07) is 0. The van der Waals surface area contributed by atoms with Crippen molar-refractivity contribution in [1.82, 2.24) is 0 Å². The number of hydrogen-bond donors (Lipinski definition) is 0. The molecule has 0 fully saturated rings. The standard InChI is InChI=1S/Ca.Cu.Fe.Nd.H2O.Sm.Ti.2H/h;;;;1H2;;;;. The summed E-state index contributed by atoms with van der Waals surface area (Å²) in [4.78, 5) is 0. The van der Waals surface area contributed by atoms with Gasteiger partial charge in [-0.2, -0.15) is 0 Å². The second kappa shape index (κ2) is 41.4. The van der Waals surface area contributed by atoms with Crippen LogP contribution in [0, 0.1) is 81.2 Å². The quantitative estimate of drug-likeness (QED) is 0.339. The number of rotatable bonds is 0. The molecule has 0 aromatic carbocycles. The molecular weight excluding hydrogens is 518 g/mol. The summed E-state index contributed by atoms with van der Waals surface area (Å²) in [5, 5.41) is 0. The van der Waals surface area contributed by atoms with Crippen molar-refractivity contribution in [3.63, 3.8) is 0 Å². The molecule has 2 N–H and O–H groups in total. The van der Waals surface area contributed by atoms with Crippen molar-refractivity contribution in [2.45, 2.75) is 0 Å². The minimum Gasteiger partial charge on any atom is 0 e. The predicted molar refractivity (Wildman–Crippen MR) is 12.2 cm³/mol. The maximum Gasteiger partial charge on any atom is 0 e. The minimum atomic E-state index is 0. The van der Waals surface area contributed by atoms with E-state index < -0.39 is 0 Å². The Hall–Kier alpha value is 5.66. The van der Waals surface area contributed by atoms with Gasteiger partial charge >= 0.3 is 37.7 Å². The third kappa shape index (κ3) is 34.0. The normalized spacial score (nSPS) is 0. The van der Waals surface area contributed by atoms with Crippen molar-refractivity contribution in [3.8, 4) is 0 Å². The van der Waals surface area contributed by atoms with E-state index in [1.807, 2.05) is 0 Å². The predicted octanol–water partition coefficient (Wildman–Crippen LogP) is -1.75. The van der Waals surface area contributed by atoms with Crippen LogP contribution in [0.1, 0.15) is 0 Å². The largest absolute Gasteiger partial charge is 0 e. The Kier molecular flexibility index (Phi) is 317. The third-order valence-electron chi connectivity index (χ3n) is 0. The van der Waals surface area contributed by atoms with E-state index >= 15 is 0 Å². The van der Waals surface area contributed by atoms with Crippen LogP contribution in [0.25, 0.3) is 0 Å². The minimum absolute atomic E-state index is 0. The molecule has 0 aliphatic heterocycles. The molecule has 0 aliphatic rings. The molecule has 0 aromatic heterocycles. The maximum atomic E-state index is 0. The van der Waals surface area contributed by atoms with Crippen LogP contribution in [-0.2, 0) is 55.9 Å². The van der Waals surface area contributed by atoms with Gasteiger partial charge in [0.2, 0.25) is 0 Å². The van der Waals surface area contributed by atoms with Gasteiger partial charge in [-0.3, -0.25) is 0 Å². The summed E-state index contributed by atoms with van der Waals surface area (Å²) in [6.07, 6.45) is 0. The maximum absolute atomic E-state index is 0. The van der Waals surface area contributed by atoms with E-state index in [2.05, 4.69) is 0 Å². The summed E-state index contributed by atoms with van der Waals surface area (Å²) in [5.74, 6) is 0. The monoisotopic (exact) mass is 521 g/mol. The number of hydrogen-bond acceptors (Lipinski definition) is 0. The molecule has 45 valence electrons.